The van der Waals surface area contributed by atoms with Gasteiger partial charge in [-0.2, -0.15) is 0 Å². The summed E-state index contributed by atoms with van der Waals surface area (Å²) >= 11 is 0. The first-order valence-electron chi connectivity index (χ1n) is 5.01. The van der Waals surface area contributed by atoms with Gasteiger partial charge in [-0.3, -0.25) is 4.99 Å². The molecule has 0 aromatic heterocycles. The van der Waals surface area contributed by atoms with E-state index in [1.807, 2.05) is 0 Å². The van der Waals surface area contributed by atoms with E-state index in [1.54, 1.807) is 0 Å². The van der Waals surface area contributed by atoms with Crippen LogP contribution in [-0.4, -0.2) is 6.21 Å². The number of hydrogen-bond acceptors (Lipinski definition) is 1. The lowest BCUT2D eigenvalue weighted by Crippen LogP contribution is -1.93. The molecule has 0 fully saturated rings. The molecule has 0 saturated heterocycles. The molecule has 1 nitrogen and oxygen atoms in total. The Morgan fingerprint density at radius 2 is 1.33 bits per heavy atom. The van der Waals surface area contributed by atoms with Crippen molar-refractivity contribution in [1.82, 2.24) is 0 Å². The molecule has 0 radical (unpaired) electrons. The zero-order valence-electron chi connectivity index (χ0n) is 9.00. The van der Waals surface area contributed by atoms with Gasteiger partial charge in [0.05, 0.1) is 5.56 Å². The molecule has 5 heteroatoms. The lowest BCUT2D eigenvalue weighted by Gasteiger charge is -1.99. The van der Waals surface area contributed by atoms with Crippen molar-refractivity contribution in [1.29, 1.82) is 0 Å². The molecule has 0 N–H and O–H groups in total. The molecule has 0 bridgehead atoms. The molecule has 2 aromatic carbocycles. The minimum Gasteiger partial charge on any atom is -0.253 e. The van der Waals surface area contributed by atoms with Crippen molar-refractivity contribution in [3.63, 3.8) is 0 Å². The monoisotopic (exact) mass is 253 g/mol. The summed E-state index contributed by atoms with van der Waals surface area (Å²) in [5, 5.41) is 0. The maximum atomic E-state index is 13.2. The lowest BCUT2D eigenvalue weighted by atomic mass is 10.2. The van der Waals surface area contributed by atoms with Crippen LogP contribution in [0.3, 0.4) is 0 Å². The minimum absolute atomic E-state index is 0.322. The van der Waals surface area contributed by atoms with Gasteiger partial charge in [-0.05, 0) is 24.3 Å². The quantitative estimate of drug-likeness (QED) is 0.566. The van der Waals surface area contributed by atoms with Gasteiger partial charge in [-0.15, -0.1) is 0 Å². The summed E-state index contributed by atoms with van der Waals surface area (Å²) in [4.78, 5) is 3.54. The zero-order chi connectivity index (χ0) is 13.1. The van der Waals surface area contributed by atoms with Gasteiger partial charge in [0, 0.05) is 6.21 Å². The Labute approximate surface area is 100 Å². The highest BCUT2D eigenvalue weighted by molar-refractivity contribution is 5.82. The first kappa shape index (κ1) is 12.3. The summed E-state index contributed by atoms with van der Waals surface area (Å²) in [5.41, 5.74) is -0.723. The van der Waals surface area contributed by atoms with Crippen molar-refractivity contribution < 1.29 is 17.6 Å². The van der Waals surface area contributed by atoms with E-state index < -0.39 is 28.8 Å². The summed E-state index contributed by atoms with van der Waals surface area (Å²) in [5.74, 6) is -3.88. The van der Waals surface area contributed by atoms with Crippen molar-refractivity contribution in [3.8, 4) is 0 Å². The molecule has 0 saturated carbocycles. The van der Waals surface area contributed by atoms with Gasteiger partial charge in [-0.25, -0.2) is 17.6 Å². The highest BCUT2D eigenvalue weighted by atomic mass is 19.2. The molecule has 0 heterocycles. The van der Waals surface area contributed by atoms with Crippen LogP contribution in [-0.2, 0) is 0 Å². The van der Waals surface area contributed by atoms with Crippen LogP contribution in [0.4, 0.5) is 23.2 Å². The van der Waals surface area contributed by atoms with Crippen LogP contribution in [0.1, 0.15) is 5.56 Å². The van der Waals surface area contributed by atoms with Crippen LogP contribution in [0.2, 0.25) is 0 Å². The Morgan fingerprint density at radius 1 is 0.778 bits per heavy atom. The fourth-order valence-electron chi connectivity index (χ4n) is 1.36. The average molecular weight is 253 g/mol. The van der Waals surface area contributed by atoms with Gasteiger partial charge in [-0.1, -0.05) is 12.1 Å². The smallest absolute Gasteiger partial charge is 0.184 e. The second-order valence-corrected chi connectivity index (χ2v) is 3.47. The van der Waals surface area contributed by atoms with Crippen LogP contribution < -0.4 is 0 Å². The second-order valence-electron chi connectivity index (χ2n) is 3.47. The molecular formula is C13H7F4N. The van der Waals surface area contributed by atoms with Crippen LogP contribution in [0.15, 0.2) is 41.4 Å². The fraction of sp³-hybridized carbons (Fsp3) is 0. The standard InChI is InChI=1S/C13H7F4N/c14-9-3-1-4-10(15)8(9)7-18-12-6-2-5-11(16)13(12)17/h1-7H. The molecule has 0 aliphatic carbocycles. The summed E-state index contributed by atoms with van der Waals surface area (Å²) in [6.45, 7) is 0. The van der Waals surface area contributed by atoms with Crippen LogP contribution in [0.25, 0.3) is 0 Å². The Kier molecular flexibility index (Phi) is 3.41. The molecule has 18 heavy (non-hydrogen) atoms. The molecule has 0 aliphatic heterocycles. The summed E-state index contributed by atoms with van der Waals surface area (Å²) < 4.78 is 52.6. The third-order valence-corrected chi connectivity index (χ3v) is 2.26. The minimum atomic E-state index is -1.16. The number of nitrogens with zero attached hydrogens (tertiary/aromatic N) is 1. The predicted molar refractivity (Wildman–Crippen MR) is 60.0 cm³/mol. The van der Waals surface area contributed by atoms with E-state index >= 15 is 0 Å². The normalized spacial score (nSPS) is 11.1. The molecular weight excluding hydrogens is 246 g/mol. The van der Waals surface area contributed by atoms with Crippen molar-refractivity contribution in [2.75, 3.05) is 0 Å². The number of halogens is 4. The molecule has 0 amide bonds. The average Bonchev–Trinajstić information content (AvgIpc) is 2.33. The van der Waals surface area contributed by atoms with E-state index in [1.165, 1.54) is 18.2 Å². The summed E-state index contributed by atoms with van der Waals surface area (Å²) in [6.07, 6.45) is 0.822. The SMILES string of the molecule is Fc1cccc(N=Cc2c(F)cccc2F)c1F. The van der Waals surface area contributed by atoms with E-state index in [0.29, 0.717) is 0 Å². The molecule has 0 aliphatic rings. The maximum Gasteiger partial charge on any atom is 0.184 e. The Bertz CT molecular complexity index is 588. The fourth-order valence-corrected chi connectivity index (χ4v) is 1.36. The summed E-state index contributed by atoms with van der Waals surface area (Å²) in [6, 6.07) is 6.68. The van der Waals surface area contributed by atoms with E-state index in [9.17, 15) is 17.6 Å². The predicted octanol–water partition coefficient (Wildman–Crippen LogP) is 3.99. The first-order chi connectivity index (χ1) is 8.59. The van der Waals surface area contributed by atoms with E-state index in [-0.39, 0.29) is 5.69 Å². The maximum absolute atomic E-state index is 13.2. The Balaban J connectivity index is 2.39. The van der Waals surface area contributed by atoms with Crippen molar-refractivity contribution >= 4 is 11.9 Å². The van der Waals surface area contributed by atoms with Gasteiger partial charge >= 0.3 is 0 Å². The molecule has 2 aromatic rings. The first-order valence-corrected chi connectivity index (χ1v) is 5.01. The Hall–Kier alpha value is -2.17. The van der Waals surface area contributed by atoms with Gasteiger partial charge < -0.3 is 0 Å². The summed E-state index contributed by atoms with van der Waals surface area (Å²) in [7, 11) is 0. The van der Waals surface area contributed by atoms with Gasteiger partial charge in [0.1, 0.15) is 17.3 Å². The second kappa shape index (κ2) is 5.00. The van der Waals surface area contributed by atoms with E-state index in [2.05, 4.69) is 4.99 Å². The third-order valence-electron chi connectivity index (χ3n) is 2.26. The zero-order valence-corrected chi connectivity index (χ0v) is 9.00. The largest absolute Gasteiger partial charge is 0.253 e. The third kappa shape index (κ3) is 2.40. The van der Waals surface area contributed by atoms with Gasteiger partial charge in [0.25, 0.3) is 0 Å². The molecule has 92 valence electrons. The number of aliphatic imine (C=N–C) groups is 1. The number of hydrogen-bond donors (Lipinski definition) is 0. The molecule has 0 unspecified atom stereocenters. The highest BCUT2D eigenvalue weighted by Crippen LogP contribution is 2.20. The highest BCUT2D eigenvalue weighted by Gasteiger charge is 2.08. The van der Waals surface area contributed by atoms with E-state index in [4.69, 9.17) is 0 Å². The van der Waals surface area contributed by atoms with Gasteiger partial charge in [0.15, 0.2) is 11.6 Å². The topological polar surface area (TPSA) is 12.4 Å². The molecule has 0 atom stereocenters. The van der Waals surface area contributed by atoms with Crippen LogP contribution in [0.5, 0.6) is 0 Å². The number of rotatable bonds is 2. The lowest BCUT2D eigenvalue weighted by molar-refractivity contribution is 0.510. The van der Waals surface area contributed by atoms with Crippen molar-refractivity contribution in [2.45, 2.75) is 0 Å². The van der Waals surface area contributed by atoms with Crippen molar-refractivity contribution in [3.05, 3.63) is 65.2 Å². The van der Waals surface area contributed by atoms with Crippen molar-refractivity contribution in [2.24, 2.45) is 4.99 Å². The number of benzene rings is 2. The van der Waals surface area contributed by atoms with Crippen LogP contribution >= 0.6 is 0 Å². The molecule has 2 rings (SSSR count). The van der Waals surface area contributed by atoms with Crippen LogP contribution in [0, 0.1) is 23.3 Å². The van der Waals surface area contributed by atoms with Gasteiger partial charge in [0.2, 0.25) is 0 Å². The Morgan fingerprint density at radius 3 is 2.00 bits per heavy atom. The molecule has 0 spiro atoms. The van der Waals surface area contributed by atoms with E-state index in [0.717, 1.165) is 24.4 Å².